The van der Waals surface area contributed by atoms with E-state index in [1.807, 2.05) is 0 Å². The van der Waals surface area contributed by atoms with Crippen LogP contribution in [-0.2, 0) is 0 Å². The molecular weight excluding hydrogens is 150 g/mol. The van der Waals surface area contributed by atoms with Crippen LogP contribution >= 0.6 is 0 Å². The van der Waals surface area contributed by atoms with Crippen LogP contribution in [0.25, 0.3) is 0 Å². The molecule has 0 fully saturated rings. The summed E-state index contributed by atoms with van der Waals surface area (Å²) in [4.78, 5) is 4.00. The molecule has 0 spiro atoms. The van der Waals surface area contributed by atoms with Crippen molar-refractivity contribution < 1.29 is 0 Å². The second-order valence-corrected chi connectivity index (χ2v) is 3.03. The van der Waals surface area contributed by atoms with E-state index in [-0.39, 0.29) is 5.84 Å². The number of nitrogens with zero attached hydrogens (tertiary/aromatic N) is 1. The molecule has 3 heteroatoms. The molecule has 1 rings (SSSR count). The lowest BCUT2D eigenvalue weighted by atomic mass is 9.99. The molecule has 64 valence electrons. The minimum atomic E-state index is 0.112. The summed E-state index contributed by atoms with van der Waals surface area (Å²) in [5, 5.41) is 7.32. The molecule has 0 aliphatic rings. The van der Waals surface area contributed by atoms with Crippen molar-refractivity contribution in [2.45, 2.75) is 19.8 Å². The van der Waals surface area contributed by atoms with Gasteiger partial charge in [-0.25, -0.2) is 0 Å². The van der Waals surface area contributed by atoms with Crippen molar-refractivity contribution in [1.29, 1.82) is 5.41 Å². The largest absolute Gasteiger partial charge is 0.384 e. The molecule has 1 aromatic heterocycles. The second-order valence-electron chi connectivity index (χ2n) is 3.03. The highest BCUT2D eigenvalue weighted by Gasteiger charge is 2.07. The van der Waals surface area contributed by atoms with Crippen LogP contribution in [-0.4, -0.2) is 10.8 Å². The minimum Gasteiger partial charge on any atom is -0.384 e. The fraction of sp³-hybridized carbons (Fsp3) is 0.333. The molecule has 3 nitrogen and oxygen atoms in total. The first-order chi connectivity index (χ1) is 5.63. The van der Waals surface area contributed by atoms with Gasteiger partial charge in [0.05, 0.1) is 0 Å². The van der Waals surface area contributed by atoms with Gasteiger partial charge in [0.2, 0.25) is 0 Å². The first-order valence-corrected chi connectivity index (χ1v) is 3.91. The third-order valence-corrected chi connectivity index (χ3v) is 1.76. The van der Waals surface area contributed by atoms with E-state index in [2.05, 4.69) is 18.8 Å². The van der Waals surface area contributed by atoms with Crippen molar-refractivity contribution in [3.05, 3.63) is 29.6 Å². The summed E-state index contributed by atoms with van der Waals surface area (Å²) in [6.45, 7) is 4.12. The Morgan fingerprint density at radius 1 is 1.58 bits per heavy atom. The number of rotatable bonds is 2. The molecule has 1 aromatic rings. The molecule has 12 heavy (non-hydrogen) atoms. The highest BCUT2D eigenvalue weighted by Crippen LogP contribution is 2.16. The molecule has 0 bridgehead atoms. The number of nitrogens with two attached hydrogens (primary N) is 1. The van der Waals surface area contributed by atoms with E-state index in [1.165, 1.54) is 0 Å². The zero-order chi connectivity index (χ0) is 9.14. The zero-order valence-corrected chi connectivity index (χ0v) is 7.33. The third-order valence-electron chi connectivity index (χ3n) is 1.76. The van der Waals surface area contributed by atoms with Gasteiger partial charge in [-0.15, -0.1) is 0 Å². The molecule has 0 saturated carbocycles. The summed E-state index contributed by atoms with van der Waals surface area (Å²) in [5.74, 6) is 0.471. The van der Waals surface area contributed by atoms with Crippen molar-refractivity contribution in [3.63, 3.8) is 0 Å². The Bertz CT molecular complexity index is 292. The van der Waals surface area contributed by atoms with Crippen molar-refractivity contribution in [2.75, 3.05) is 0 Å². The third kappa shape index (κ3) is 1.61. The predicted octanol–water partition coefficient (Wildman–Crippen LogP) is 1.49. The monoisotopic (exact) mass is 163 g/mol. The van der Waals surface area contributed by atoms with E-state index in [1.54, 1.807) is 18.5 Å². The summed E-state index contributed by atoms with van der Waals surface area (Å²) < 4.78 is 0. The van der Waals surface area contributed by atoms with E-state index in [9.17, 15) is 0 Å². The van der Waals surface area contributed by atoms with E-state index < -0.39 is 0 Å². The van der Waals surface area contributed by atoms with Gasteiger partial charge < -0.3 is 5.73 Å². The summed E-state index contributed by atoms with van der Waals surface area (Å²) in [6, 6.07) is 1.78. The average molecular weight is 163 g/mol. The first-order valence-electron chi connectivity index (χ1n) is 3.91. The maximum Gasteiger partial charge on any atom is 0.123 e. The summed E-state index contributed by atoms with van der Waals surface area (Å²) in [6.07, 6.45) is 3.42. The van der Waals surface area contributed by atoms with Crippen molar-refractivity contribution in [1.82, 2.24) is 4.98 Å². The van der Waals surface area contributed by atoms with Crippen LogP contribution in [0, 0.1) is 5.41 Å². The van der Waals surface area contributed by atoms with Gasteiger partial charge in [0.15, 0.2) is 0 Å². The van der Waals surface area contributed by atoms with Crippen molar-refractivity contribution in [3.8, 4) is 0 Å². The molecule has 0 atom stereocenters. The standard InChI is InChI=1S/C9H13N3/c1-6(2)8-5-12-4-3-7(8)9(10)11/h3-6H,1-2H3,(H3,10,11). The molecule has 1 heterocycles. The minimum absolute atomic E-state index is 0.112. The van der Waals surface area contributed by atoms with E-state index in [0.29, 0.717) is 5.92 Å². The van der Waals surface area contributed by atoms with Crippen LogP contribution in [0.4, 0.5) is 0 Å². The Balaban J connectivity index is 3.17. The number of aromatic nitrogens is 1. The van der Waals surface area contributed by atoms with Gasteiger partial charge in [0, 0.05) is 18.0 Å². The fourth-order valence-corrected chi connectivity index (χ4v) is 1.11. The number of pyridine rings is 1. The highest BCUT2D eigenvalue weighted by molar-refractivity contribution is 5.96. The Hall–Kier alpha value is -1.38. The summed E-state index contributed by atoms with van der Waals surface area (Å²) in [7, 11) is 0. The maximum absolute atomic E-state index is 7.32. The number of hydrogen-bond acceptors (Lipinski definition) is 2. The van der Waals surface area contributed by atoms with Gasteiger partial charge in [-0.1, -0.05) is 13.8 Å². The lowest BCUT2D eigenvalue weighted by Gasteiger charge is -2.09. The highest BCUT2D eigenvalue weighted by atomic mass is 14.7. The quantitative estimate of drug-likeness (QED) is 0.512. The van der Waals surface area contributed by atoms with Gasteiger partial charge in [-0.3, -0.25) is 10.4 Å². The predicted molar refractivity (Wildman–Crippen MR) is 49.3 cm³/mol. The van der Waals surface area contributed by atoms with E-state index >= 15 is 0 Å². The lowest BCUT2D eigenvalue weighted by molar-refractivity contribution is 0.854. The van der Waals surface area contributed by atoms with E-state index in [0.717, 1.165) is 11.1 Å². The zero-order valence-electron chi connectivity index (χ0n) is 7.33. The van der Waals surface area contributed by atoms with Crippen LogP contribution in [0.2, 0.25) is 0 Å². The van der Waals surface area contributed by atoms with Crippen LogP contribution < -0.4 is 5.73 Å². The Morgan fingerprint density at radius 3 is 2.67 bits per heavy atom. The molecule has 0 aromatic carbocycles. The van der Waals surface area contributed by atoms with Crippen LogP contribution in [0.5, 0.6) is 0 Å². The van der Waals surface area contributed by atoms with Crippen LogP contribution in [0.1, 0.15) is 30.9 Å². The smallest absolute Gasteiger partial charge is 0.123 e. The Labute approximate surface area is 72.1 Å². The Kier molecular flexibility index (Phi) is 2.43. The SMILES string of the molecule is CC(C)c1cnccc1C(=N)N. The normalized spacial score (nSPS) is 10.2. The van der Waals surface area contributed by atoms with Crippen molar-refractivity contribution in [2.24, 2.45) is 5.73 Å². The van der Waals surface area contributed by atoms with Gasteiger partial charge in [-0.05, 0) is 17.5 Å². The molecule has 0 aliphatic heterocycles. The topological polar surface area (TPSA) is 62.8 Å². The average Bonchev–Trinajstić information content (AvgIpc) is 2.04. The number of nitrogens with one attached hydrogen (secondary N) is 1. The van der Waals surface area contributed by atoms with Crippen LogP contribution in [0.15, 0.2) is 18.5 Å². The summed E-state index contributed by atoms with van der Waals surface area (Å²) >= 11 is 0. The Morgan fingerprint density at radius 2 is 2.25 bits per heavy atom. The molecule has 0 amide bonds. The number of nitrogen functional groups attached to an aromatic ring is 1. The lowest BCUT2D eigenvalue weighted by Crippen LogP contribution is -2.14. The van der Waals surface area contributed by atoms with Crippen molar-refractivity contribution >= 4 is 5.84 Å². The molecule has 0 radical (unpaired) electrons. The number of hydrogen-bond donors (Lipinski definition) is 2. The van der Waals surface area contributed by atoms with Gasteiger partial charge in [0.1, 0.15) is 5.84 Å². The second kappa shape index (κ2) is 3.34. The molecular formula is C9H13N3. The van der Waals surface area contributed by atoms with Gasteiger partial charge >= 0.3 is 0 Å². The number of amidine groups is 1. The maximum atomic E-state index is 7.32. The van der Waals surface area contributed by atoms with Gasteiger partial charge in [-0.2, -0.15) is 0 Å². The van der Waals surface area contributed by atoms with E-state index in [4.69, 9.17) is 11.1 Å². The molecule has 0 unspecified atom stereocenters. The first kappa shape index (κ1) is 8.71. The molecule has 3 N–H and O–H groups in total. The van der Waals surface area contributed by atoms with Gasteiger partial charge in [0.25, 0.3) is 0 Å². The fourth-order valence-electron chi connectivity index (χ4n) is 1.11. The van der Waals surface area contributed by atoms with Crippen LogP contribution in [0.3, 0.4) is 0 Å². The molecule has 0 aliphatic carbocycles. The molecule has 0 saturated heterocycles. The summed E-state index contributed by atoms with van der Waals surface area (Å²) in [5.41, 5.74) is 7.23.